The molecule has 7 aromatic rings. The predicted molar refractivity (Wildman–Crippen MR) is 241 cm³/mol. The van der Waals surface area contributed by atoms with Crippen LogP contribution < -0.4 is 0 Å². The molecule has 0 N–H and O–H groups in total. The summed E-state index contributed by atoms with van der Waals surface area (Å²) in [5, 5.41) is 5.37. The van der Waals surface area contributed by atoms with Gasteiger partial charge in [-0.15, -0.1) is 63.0 Å². The van der Waals surface area contributed by atoms with Crippen molar-refractivity contribution in [3.05, 3.63) is 156 Å². The van der Waals surface area contributed by atoms with Gasteiger partial charge in [-0.2, -0.15) is 12.1 Å². The van der Waals surface area contributed by atoms with Crippen LogP contribution in [0.4, 0.5) is 0 Å². The number of hydrogen-bond acceptors (Lipinski definition) is 0. The zero-order chi connectivity index (χ0) is 39.6. The molecular formula is C50H56Cl2SiZr. The van der Waals surface area contributed by atoms with Gasteiger partial charge in [0, 0.05) is 9.52 Å². The summed E-state index contributed by atoms with van der Waals surface area (Å²) in [6.45, 7) is 24.6. The third-order valence-corrected chi connectivity index (χ3v) is 9.64. The second-order valence-electron chi connectivity index (χ2n) is 16.4. The summed E-state index contributed by atoms with van der Waals surface area (Å²) in [6.07, 6.45) is 0. The van der Waals surface area contributed by atoms with Crippen molar-refractivity contribution in [2.75, 3.05) is 0 Å². The van der Waals surface area contributed by atoms with E-state index in [9.17, 15) is 0 Å². The molecule has 278 valence electrons. The van der Waals surface area contributed by atoms with Gasteiger partial charge in [0.15, 0.2) is 0 Å². The van der Waals surface area contributed by atoms with Crippen molar-refractivity contribution in [2.24, 2.45) is 0 Å². The molecule has 0 aliphatic heterocycles. The van der Waals surface area contributed by atoms with Crippen LogP contribution in [0.1, 0.15) is 83.6 Å². The van der Waals surface area contributed by atoms with E-state index in [0.717, 1.165) is 9.52 Å². The Hall–Kier alpha value is -3.00. The van der Waals surface area contributed by atoms with Crippen LogP contribution in [0.3, 0.4) is 0 Å². The van der Waals surface area contributed by atoms with Crippen LogP contribution in [0.15, 0.2) is 133 Å². The molecular weight excluding hydrogens is 791 g/mol. The van der Waals surface area contributed by atoms with Crippen LogP contribution in [0.2, 0.25) is 13.1 Å². The molecule has 0 fully saturated rings. The SMILES string of the molecule is CC(C)c1cc2c(-c3ccccc3)cccc2[cH-]1.C[Si]C.Cc1cc2c(-c3ccc(C(C)(C)C)cc3)cc(-c3ccc(C(C)(C)C)cc3)cc2[cH-]1.[Cl][Zr+2][Cl]. The third-order valence-electron chi connectivity index (χ3n) is 9.64. The zero-order valence-electron chi connectivity index (χ0n) is 34.0. The van der Waals surface area contributed by atoms with Gasteiger partial charge in [-0.3, -0.25) is 0 Å². The molecule has 0 heterocycles. The molecule has 0 saturated carbocycles. The monoisotopic (exact) mass is 844 g/mol. The normalized spacial score (nSPS) is 11.2. The molecule has 0 saturated heterocycles. The van der Waals surface area contributed by atoms with Gasteiger partial charge in [0.25, 0.3) is 0 Å². The topological polar surface area (TPSA) is 0 Å². The van der Waals surface area contributed by atoms with E-state index in [1.807, 2.05) is 0 Å². The number of halogens is 2. The van der Waals surface area contributed by atoms with Crippen LogP contribution >= 0.6 is 17.0 Å². The van der Waals surface area contributed by atoms with Crippen molar-refractivity contribution < 1.29 is 20.8 Å². The minimum absolute atomic E-state index is 0.168. The van der Waals surface area contributed by atoms with Crippen LogP contribution in [0.5, 0.6) is 0 Å². The molecule has 0 bridgehead atoms. The molecule has 0 aliphatic rings. The molecule has 0 unspecified atom stereocenters. The van der Waals surface area contributed by atoms with E-state index in [1.54, 1.807) is 0 Å². The van der Waals surface area contributed by atoms with Crippen LogP contribution in [0, 0.1) is 6.92 Å². The molecule has 0 spiro atoms. The first-order valence-electron chi connectivity index (χ1n) is 18.8. The standard InChI is InChI=1S/C30H33.C18H17.C2H6Si.2ClH.Zr/c1-20-16-24-18-23(21-8-12-25(13-9-21)29(2,3)4)19-28(27(24)17-20)22-10-14-26(15-11-22)30(5,6)7;1-13(2)16-11-15-9-6-10-17(18(15)12-16)14-7-4-3-5-8-14;1-3-2;;;/h8-19H,1-7H3;3-13H,1-2H3;1-2H3;2*1H;/q2*-1;;;;+4/p-2. The molecule has 54 heavy (non-hydrogen) atoms. The molecule has 0 aliphatic carbocycles. The second-order valence-corrected chi connectivity index (χ2v) is 21.1. The fourth-order valence-corrected chi connectivity index (χ4v) is 6.65. The summed E-state index contributed by atoms with van der Waals surface area (Å²) in [4.78, 5) is 0. The van der Waals surface area contributed by atoms with Crippen molar-refractivity contribution in [3.63, 3.8) is 0 Å². The fraction of sp³-hybridized carbons (Fsp3) is 0.280. The van der Waals surface area contributed by atoms with Gasteiger partial charge in [0.2, 0.25) is 0 Å². The summed E-state index contributed by atoms with van der Waals surface area (Å²) >= 11 is -0.826. The Bertz CT molecular complexity index is 2190. The van der Waals surface area contributed by atoms with Gasteiger partial charge in [-0.1, -0.05) is 183 Å². The number of rotatable bonds is 4. The van der Waals surface area contributed by atoms with E-state index in [4.69, 9.17) is 17.0 Å². The van der Waals surface area contributed by atoms with Gasteiger partial charge in [0.05, 0.1) is 0 Å². The van der Waals surface area contributed by atoms with E-state index >= 15 is 0 Å². The third kappa shape index (κ3) is 11.5. The summed E-state index contributed by atoms with van der Waals surface area (Å²) < 4.78 is 0. The molecule has 0 aromatic heterocycles. The van der Waals surface area contributed by atoms with Gasteiger partial charge < -0.3 is 0 Å². The van der Waals surface area contributed by atoms with Crippen molar-refractivity contribution in [2.45, 2.75) is 92.2 Å². The Kier molecular flexibility index (Phi) is 16.0. The Labute approximate surface area is 347 Å². The quantitative estimate of drug-likeness (QED) is 0.122. The maximum atomic E-state index is 4.93. The first-order chi connectivity index (χ1) is 25.6. The van der Waals surface area contributed by atoms with Crippen LogP contribution in [-0.4, -0.2) is 9.52 Å². The Balaban J connectivity index is 0.000000229. The summed E-state index contributed by atoms with van der Waals surface area (Å²) in [6, 6.07) is 49.3. The van der Waals surface area contributed by atoms with Gasteiger partial charge >= 0.3 is 37.9 Å². The van der Waals surface area contributed by atoms with Crippen LogP contribution in [-0.2, 0) is 31.7 Å². The Morgan fingerprint density at radius 2 is 1.04 bits per heavy atom. The summed E-state index contributed by atoms with van der Waals surface area (Å²) in [5.41, 5.74) is 13.6. The first kappa shape index (κ1) is 43.7. The Morgan fingerprint density at radius 1 is 0.537 bits per heavy atom. The molecule has 0 atom stereocenters. The maximum absolute atomic E-state index is 4.93. The predicted octanol–water partition coefficient (Wildman–Crippen LogP) is 16.3. The van der Waals surface area contributed by atoms with E-state index in [0.29, 0.717) is 5.92 Å². The number of hydrogen-bond donors (Lipinski definition) is 0. The van der Waals surface area contributed by atoms with E-state index in [1.165, 1.54) is 77.2 Å². The summed E-state index contributed by atoms with van der Waals surface area (Å²) in [7, 11) is 11.0. The van der Waals surface area contributed by atoms with E-state index in [-0.39, 0.29) is 10.8 Å². The average molecular weight is 847 g/mol. The minimum atomic E-state index is -0.826. The van der Waals surface area contributed by atoms with Crippen molar-refractivity contribution in [1.82, 2.24) is 0 Å². The molecule has 0 amide bonds. The average Bonchev–Trinajstić information content (AvgIpc) is 3.75. The van der Waals surface area contributed by atoms with Gasteiger partial charge in [0.1, 0.15) is 0 Å². The zero-order valence-corrected chi connectivity index (χ0v) is 39.0. The molecule has 0 nitrogen and oxygen atoms in total. The van der Waals surface area contributed by atoms with E-state index < -0.39 is 20.8 Å². The second kappa shape index (κ2) is 19.7. The van der Waals surface area contributed by atoms with E-state index in [2.05, 4.69) is 209 Å². The van der Waals surface area contributed by atoms with Gasteiger partial charge in [-0.05, 0) is 44.6 Å². The molecule has 2 radical (unpaired) electrons. The van der Waals surface area contributed by atoms with Crippen molar-refractivity contribution >= 4 is 48.1 Å². The number of fused-ring (bicyclic) bond motifs is 2. The van der Waals surface area contributed by atoms with Crippen molar-refractivity contribution in [3.8, 4) is 33.4 Å². The first-order valence-corrected chi connectivity index (χ1v) is 27.2. The molecule has 7 rings (SSSR count). The summed E-state index contributed by atoms with van der Waals surface area (Å²) in [5.74, 6) is 0.584. The van der Waals surface area contributed by atoms with Crippen LogP contribution in [0.25, 0.3) is 54.9 Å². The van der Waals surface area contributed by atoms with Gasteiger partial charge in [-0.25, -0.2) is 0 Å². The fourth-order valence-electron chi connectivity index (χ4n) is 6.65. The molecule has 4 heteroatoms. The van der Waals surface area contributed by atoms with Crippen molar-refractivity contribution in [1.29, 1.82) is 0 Å². The Morgan fingerprint density at radius 3 is 1.56 bits per heavy atom. The molecule has 7 aromatic carbocycles. The number of aryl methyl sites for hydroxylation is 1. The number of benzene rings is 5.